The molecule has 0 aromatic heterocycles. The van der Waals surface area contributed by atoms with Crippen molar-refractivity contribution in [3.63, 3.8) is 0 Å². The molecule has 0 radical (unpaired) electrons. The minimum Gasteiger partial charge on any atom is -0.481 e. The monoisotopic (exact) mass is 235 g/mol. The molecule has 0 aliphatic heterocycles. The van der Waals surface area contributed by atoms with Crippen LogP contribution in [-0.2, 0) is 4.79 Å². The summed E-state index contributed by atoms with van der Waals surface area (Å²) in [6.07, 6.45) is 0.527. The van der Waals surface area contributed by atoms with Crippen LogP contribution in [0.5, 0.6) is 0 Å². The molecule has 0 unspecified atom stereocenters. The van der Waals surface area contributed by atoms with Crippen molar-refractivity contribution in [1.29, 1.82) is 0 Å². The molecule has 0 aliphatic rings. The van der Waals surface area contributed by atoms with Gasteiger partial charge in [-0.2, -0.15) is 0 Å². The molecule has 0 heterocycles. The topological polar surface area (TPSA) is 66.4 Å². The van der Waals surface area contributed by atoms with Crippen molar-refractivity contribution in [2.75, 3.05) is 6.54 Å². The number of benzene rings is 1. The lowest BCUT2D eigenvalue weighted by Gasteiger charge is -2.07. The summed E-state index contributed by atoms with van der Waals surface area (Å²) in [4.78, 5) is 22.1. The Morgan fingerprint density at radius 1 is 1.29 bits per heavy atom. The van der Waals surface area contributed by atoms with E-state index in [2.05, 4.69) is 5.32 Å². The van der Waals surface area contributed by atoms with E-state index < -0.39 is 5.97 Å². The maximum absolute atomic E-state index is 11.8. The molecule has 0 fully saturated rings. The lowest BCUT2D eigenvalue weighted by molar-refractivity contribution is -0.137. The number of amides is 1. The van der Waals surface area contributed by atoms with Crippen LogP contribution in [0.2, 0.25) is 0 Å². The second kappa shape index (κ2) is 6.03. The van der Waals surface area contributed by atoms with E-state index in [4.69, 9.17) is 5.11 Å². The van der Waals surface area contributed by atoms with Crippen LogP contribution in [-0.4, -0.2) is 23.5 Å². The molecule has 0 spiro atoms. The minimum atomic E-state index is -0.842. The van der Waals surface area contributed by atoms with Crippen LogP contribution >= 0.6 is 0 Å². The largest absolute Gasteiger partial charge is 0.481 e. The van der Waals surface area contributed by atoms with Crippen LogP contribution in [0.15, 0.2) is 18.2 Å². The van der Waals surface area contributed by atoms with Gasteiger partial charge in [0.15, 0.2) is 0 Å². The third-order valence-electron chi connectivity index (χ3n) is 2.48. The summed E-state index contributed by atoms with van der Waals surface area (Å²) in [5.74, 6) is -0.987. The fourth-order valence-electron chi connectivity index (χ4n) is 1.61. The molecule has 1 aromatic carbocycles. The van der Waals surface area contributed by atoms with Crippen molar-refractivity contribution < 1.29 is 14.7 Å². The lowest BCUT2D eigenvalue weighted by atomic mass is 10.1. The van der Waals surface area contributed by atoms with E-state index in [0.29, 0.717) is 18.5 Å². The summed E-state index contributed by atoms with van der Waals surface area (Å²) in [7, 11) is 0. The number of hydrogen-bond acceptors (Lipinski definition) is 2. The molecule has 0 saturated heterocycles. The van der Waals surface area contributed by atoms with Crippen molar-refractivity contribution in [3.05, 3.63) is 34.9 Å². The lowest BCUT2D eigenvalue weighted by Crippen LogP contribution is -2.25. The van der Waals surface area contributed by atoms with Crippen LogP contribution < -0.4 is 5.32 Å². The zero-order chi connectivity index (χ0) is 12.8. The Kier molecular flexibility index (Phi) is 4.69. The first-order valence-corrected chi connectivity index (χ1v) is 5.58. The molecular weight excluding hydrogens is 218 g/mol. The minimum absolute atomic E-state index is 0.0765. The second-order valence-corrected chi connectivity index (χ2v) is 4.07. The van der Waals surface area contributed by atoms with Gasteiger partial charge in [-0.25, -0.2) is 0 Å². The summed E-state index contributed by atoms with van der Waals surface area (Å²) in [6.45, 7) is 4.25. The number of carboxylic acids is 1. The molecule has 0 atom stereocenters. The molecule has 4 nitrogen and oxygen atoms in total. The van der Waals surface area contributed by atoms with Crippen molar-refractivity contribution in [1.82, 2.24) is 5.32 Å². The summed E-state index contributed by atoms with van der Waals surface area (Å²) in [5, 5.41) is 11.2. The van der Waals surface area contributed by atoms with E-state index in [1.807, 2.05) is 26.0 Å². The van der Waals surface area contributed by atoms with E-state index in [1.165, 1.54) is 0 Å². The Hall–Kier alpha value is -1.84. The van der Waals surface area contributed by atoms with Gasteiger partial charge in [0, 0.05) is 18.5 Å². The number of carbonyl (C=O) groups is 2. The third kappa shape index (κ3) is 4.26. The number of aryl methyl sites for hydroxylation is 2. The molecular formula is C13H17NO3. The molecule has 92 valence electrons. The number of rotatable bonds is 5. The third-order valence-corrected chi connectivity index (χ3v) is 2.48. The first kappa shape index (κ1) is 13.2. The van der Waals surface area contributed by atoms with Crippen LogP contribution in [0.3, 0.4) is 0 Å². The van der Waals surface area contributed by atoms with Crippen LogP contribution in [0.25, 0.3) is 0 Å². The number of carboxylic acid groups (broad SMARTS) is 1. The van der Waals surface area contributed by atoms with Crippen molar-refractivity contribution in [2.24, 2.45) is 0 Å². The second-order valence-electron chi connectivity index (χ2n) is 4.07. The first-order chi connectivity index (χ1) is 8.00. The highest BCUT2D eigenvalue weighted by Crippen LogP contribution is 2.10. The Bertz CT molecular complexity index is 427. The quantitative estimate of drug-likeness (QED) is 0.766. The maximum Gasteiger partial charge on any atom is 0.303 e. The molecule has 1 amide bonds. The van der Waals surface area contributed by atoms with Crippen molar-refractivity contribution in [3.8, 4) is 0 Å². The molecule has 2 N–H and O–H groups in total. The average Bonchev–Trinajstić information content (AvgIpc) is 2.23. The summed E-state index contributed by atoms with van der Waals surface area (Å²) in [5.41, 5.74) is 2.69. The van der Waals surface area contributed by atoms with Gasteiger partial charge in [-0.05, 0) is 31.9 Å². The van der Waals surface area contributed by atoms with Gasteiger partial charge < -0.3 is 10.4 Å². The van der Waals surface area contributed by atoms with Gasteiger partial charge in [0.05, 0.1) is 0 Å². The van der Waals surface area contributed by atoms with Gasteiger partial charge in [0.25, 0.3) is 5.91 Å². The van der Waals surface area contributed by atoms with E-state index in [-0.39, 0.29) is 12.3 Å². The Balaban J connectivity index is 2.50. The molecule has 0 bridgehead atoms. The summed E-state index contributed by atoms with van der Waals surface area (Å²) in [6, 6.07) is 5.63. The SMILES string of the molecule is Cc1ccc(C(=O)NCCCC(=O)O)c(C)c1. The van der Waals surface area contributed by atoms with Gasteiger partial charge in [-0.15, -0.1) is 0 Å². The Morgan fingerprint density at radius 3 is 2.59 bits per heavy atom. The maximum atomic E-state index is 11.8. The normalized spacial score (nSPS) is 10.0. The van der Waals surface area contributed by atoms with Gasteiger partial charge in [0.2, 0.25) is 0 Å². The number of aliphatic carboxylic acids is 1. The smallest absolute Gasteiger partial charge is 0.303 e. The highest BCUT2D eigenvalue weighted by atomic mass is 16.4. The van der Waals surface area contributed by atoms with Crippen LogP contribution in [0.4, 0.5) is 0 Å². The van der Waals surface area contributed by atoms with Gasteiger partial charge in [-0.1, -0.05) is 17.7 Å². The van der Waals surface area contributed by atoms with Crippen LogP contribution in [0, 0.1) is 13.8 Å². The van der Waals surface area contributed by atoms with E-state index >= 15 is 0 Å². The average molecular weight is 235 g/mol. The van der Waals surface area contributed by atoms with Crippen molar-refractivity contribution in [2.45, 2.75) is 26.7 Å². The number of carbonyl (C=O) groups excluding carboxylic acids is 1. The van der Waals surface area contributed by atoms with E-state index in [0.717, 1.165) is 11.1 Å². The summed E-state index contributed by atoms with van der Waals surface area (Å²) >= 11 is 0. The van der Waals surface area contributed by atoms with Crippen molar-refractivity contribution >= 4 is 11.9 Å². The molecule has 17 heavy (non-hydrogen) atoms. The molecule has 0 aliphatic carbocycles. The molecule has 4 heteroatoms. The van der Waals surface area contributed by atoms with E-state index in [1.54, 1.807) is 6.07 Å². The molecule has 0 saturated carbocycles. The van der Waals surface area contributed by atoms with E-state index in [9.17, 15) is 9.59 Å². The Labute approximate surface area is 101 Å². The zero-order valence-corrected chi connectivity index (χ0v) is 10.1. The zero-order valence-electron chi connectivity index (χ0n) is 10.1. The Morgan fingerprint density at radius 2 is 2.00 bits per heavy atom. The number of nitrogens with one attached hydrogen (secondary N) is 1. The predicted octanol–water partition coefficient (Wildman–Crippen LogP) is 1.90. The fourth-order valence-corrected chi connectivity index (χ4v) is 1.61. The highest BCUT2D eigenvalue weighted by Gasteiger charge is 2.08. The molecule has 1 aromatic rings. The van der Waals surface area contributed by atoms with Gasteiger partial charge in [0.1, 0.15) is 0 Å². The number of hydrogen-bond donors (Lipinski definition) is 2. The van der Waals surface area contributed by atoms with Gasteiger partial charge >= 0.3 is 5.97 Å². The fraction of sp³-hybridized carbons (Fsp3) is 0.385. The van der Waals surface area contributed by atoms with Gasteiger partial charge in [-0.3, -0.25) is 9.59 Å². The predicted molar refractivity (Wildman–Crippen MR) is 65.1 cm³/mol. The van der Waals surface area contributed by atoms with Crippen LogP contribution in [0.1, 0.15) is 34.3 Å². The standard InChI is InChI=1S/C13H17NO3/c1-9-5-6-11(10(2)8-9)13(17)14-7-3-4-12(15)16/h5-6,8H,3-4,7H2,1-2H3,(H,14,17)(H,15,16). The molecule has 1 rings (SSSR count). The first-order valence-electron chi connectivity index (χ1n) is 5.58. The highest BCUT2D eigenvalue weighted by molar-refractivity contribution is 5.95. The summed E-state index contributed by atoms with van der Waals surface area (Å²) < 4.78 is 0.